The summed E-state index contributed by atoms with van der Waals surface area (Å²) >= 11 is 1.92. The van der Waals surface area contributed by atoms with E-state index in [1.807, 2.05) is 36.0 Å². The highest BCUT2D eigenvalue weighted by atomic mass is 32.2. The van der Waals surface area contributed by atoms with Crippen LogP contribution in [-0.4, -0.2) is 12.4 Å². The molecule has 2 N–H and O–H groups in total. The van der Waals surface area contributed by atoms with Crippen molar-refractivity contribution < 1.29 is 4.74 Å². The summed E-state index contributed by atoms with van der Waals surface area (Å²) in [7, 11) is 0. The Kier molecular flexibility index (Phi) is 3.76. The molecule has 0 saturated carbocycles. The summed E-state index contributed by atoms with van der Waals surface area (Å²) in [5.74, 6) is 2.50. The van der Waals surface area contributed by atoms with Crippen molar-refractivity contribution in [3.8, 4) is 5.75 Å². The Labute approximate surface area is 118 Å². The topological polar surface area (TPSA) is 35.2 Å². The molecule has 2 aromatic carbocycles. The van der Waals surface area contributed by atoms with Crippen LogP contribution in [0.1, 0.15) is 17.0 Å². The van der Waals surface area contributed by atoms with Crippen molar-refractivity contribution in [1.29, 1.82) is 0 Å². The van der Waals surface area contributed by atoms with Gasteiger partial charge in [-0.05, 0) is 17.7 Å². The van der Waals surface area contributed by atoms with Gasteiger partial charge in [0.2, 0.25) is 0 Å². The second-order valence-corrected chi connectivity index (χ2v) is 5.73. The molecule has 3 heteroatoms. The van der Waals surface area contributed by atoms with E-state index in [0.29, 0.717) is 12.5 Å². The molecule has 0 radical (unpaired) electrons. The maximum Gasteiger partial charge on any atom is 0.123 e. The van der Waals surface area contributed by atoms with Crippen molar-refractivity contribution in [2.24, 2.45) is 5.73 Å². The van der Waals surface area contributed by atoms with Gasteiger partial charge in [0.1, 0.15) is 5.75 Å². The lowest BCUT2D eigenvalue weighted by Crippen LogP contribution is -2.11. The van der Waals surface area contributed by atoms with Crippen molar-refractivity contribution in [3.05, 3.63) is 59.7 Å². The molecule has 0 aromatic heterocycles. The van der Waals surface area contributed by atoms with Crippen LogP contribution in [0.2, 0.25) is 0 Å². The molecule has 3 rings (SSSR count). The first-order valence-electron chi connectivity index (χ1n) is 6.51. The zero-order valence-corrected chi connectivity index (χ0v) is 11.5. The number of para-hydroxylation sites is 1. The van der Waals surface area contributed by atoms with Gasteiger partial charge in [-0.1, -0.05) is 36.4 Å². The van der Waals surface area contributed by atoms with Gasteiger partial charge in [-0.25, -0.2) is 0 Å². The summed E-state index contributed by atoms with van der Waals surface area (Å²) < 4.78 is 5.98. The zero-order valence-electron chi connectivity index (χ0n) is 10.7. The zero-order chi connectivity index (χ0) is 13.1. The van der Waals surface area contributed by atoms with Gasteiger partial charge in [-0.15, -0.1) is 11.8 Å². The second kappa shape index (κ2) is 5.68. The molecule has 0 bridgehead atoms. The fourth-order valence-electron chi connectivity index (χ4n) is 2.37. The highest BCUT2D eigenvalue weighted by Gasteiger charge is 2.23. The number of thioether (sulfide) groups is 1. The smallest absolute Gasteiger partial charge is 0.123 e. The first kappa shape index (κ1) is 12.6. The maximum absolute atomic E-state index is 5.98. The van der Waals surface area contributed by atoms with Crippen molar-refractivity contribution >= 4 is 11.8 Å². The van der Waals surface area contributed by atoms with Gasteiger partial charge in [0.05, 0.1) is 6.61 Å². The standard InChI is InChI=1S/C16H17NOS/c17-9-12-5-1-3-7-15(12)18-10-13-11-19-16-8-4-2-6-14(13)16/h1-8,13H,9-11,17H2. The number of hydrogen-bond acceptors (Lipinski definition) is 3. The number of benzene rings is 2. The lowest BCUT2D eigenvalue weighted by Gasteiger charge is -2.14. The molecule has 1 heterocycles. The van der Waals surface area contributed by atoms with Gasteiger partial charge in [-0.3, -0.25) is 0 Å². The molecule has 1 atom stereocenters. The van der Waals surface area contributed by atoms with E-state index in [9.17, 15) is 0 Å². The van der Waals surface area contributed by atoms with Gasteiger partial charge < -0.3 is 10.5 Å². The lowest BCUT2D eigenvalue weighted by molar-refractivity contribution is 0.295. The molecule has 19 heavy (non-hydrogen) atoms. The molecule has 0 amide bonds. The minimum absolute atomic E-state index is 0.479. The van der Waals surface area contributed by atoms with E-state index in [1.165, 1.54) is 10.5 Å². The third kappa shape index (κ3) is 2.62. The normalized spacial score (nSPS) is 17.2. The minimum atomic E-state index is 0.479. The number of nitrogens with two attached hydrogens (primary N) is 1. The molecule has 1 aliphatic rings. The van der Waals surface area contributed by atoms with E-state index >= 15 is 0 Å². The first-order valence-corrected chi connectivity index (χ1v) is 7.49. The average molecular weight is 271 g/mol. The molecular weight excluding hydrogens is 254 g/mol. The Morgan fingerprint density at radius 3 is 2.79 bits per heavy atom. The van der Waals surface area contributed by atoms with E-state index in [1.54, 1.807) is 0 Å². The van der Waals surface area contributed by atoms with E-state index < -0.39 is 0 Å². The van der Waals surface area contributed by atoms with Crippen LogP contribution in [0, 0.1) is 0 Å². The number of fused-ring (bicyclic) bond motifs is 1. The third-order valence-electron chi connectivity index (χ3n) is 3.43. The van der Waals surface area contributed by atoms with Crippen LogP contribution < -0.4 is 10.5 Å². The summed E-state index contributed by atoms with van der Waals surface area (Å²) in [6.07, 6.45) is 0. The quantitative estimate of drug-likeness (QED) is 0.925. The van der Waals surface area contributed by atoms with Gasteiger partial charge in [0, 0.05) is 28.7 Å². The molecule has 0 saturated heterocycles. The Hall–Kier alpha value is -1.45. The molecule has 0 spiro atoms. The Bertz CT molecular complexity index is 570. The van der Waals surface area contributed by atoms with Crippen LogP contribution in [0.4, 0.5) is 0 Å². The molecule has 0 fully saturated rings. The van der Waals surface area contributed by atoms with Crippen molar-refractivity contribution in [2.45, 2.75) is 17.4 Å². The summed E-state index contributed by atoms with van der Waals surface area (Å²) in [5.41, 5.74) is 8.21. The summed E-state index contributed by atoms with van der Waals surface area (Å²) in [6, 6.07) is 16.6. The predicted octanol–water partition coefficient (Wildman–Crippen LogP) is 3.41. The number of rotatable bonds is 4. The number of ether oxygens (including phenoxy) is 1. The molecule has 1 aliphatic heterocycles. The molecule has 98 valence electrons. The monoisotopic (exact) mass is 271 g/mol. The van der Waals surface area contributed by atoms with Gasteiger partial charge in [-0.2, -0.15) is 0 Å². The van der Waals surface area contributed by atoms with Gasteiger partial charge >= 0.3 is 0 Å². The Morgan fingerprint density at radius 1 is 1.11 bits per heavy atom. The Balaban J connectivity index is 1.71. The van der Waals surface area contributed by atoms with Gasteiger partial charge in [0.25, 0.3) is 0 Å². The third-order valence-corrected chi connectivity index (χ3v) is 4.68. The predicted molar refractivity (Wildman–Crippen MR) is 79.7 cm³/mol. The van der Waals surface area contributed by atoms with Crippen molar-refractivity contribution in [2.75, 3.05) is 12.4 Å². The van der Waals surface area contributed by atoms with Gasteiger partial charge in [0.15, 0.2) is 0 Å². The van der Waals surface area contributed by atoms with Crippen LogP contribution in [0.25, 0.3) is 0 Å². The van der Waals surface area contributed by atoms with E-state index in [-0.39, 0.29) is 0 Å². The van der Waals surface area contributed by atoms with E-state index in [4.69, 9.17) is 10.5 Å². The molecular formula is C16H17NOS. The van der Waals surface area contributed by atoms with Crippen LogP contribution in [0.3, 0.4) is 0 Å². The highest BCUT2D eigenvalue weighted by molar-refractivity contribution is 7.99. The minimum Gasteiger partial charge on any atom is -0.493 e. The van der Waals surface area contributed by atoms with Crippen LogP contribution in [-0.2, 0) is 6.54 Å². The van der Waals surface area contributed by atoms with Crippen molar-refractivity contribution in [1.82, 2.24) is 0 Å². The fourth-order valence-corrected chi connectivity index (χ4v) is 3.60. The van der Waals surface area contributed by atoms with E-state index in [0.717, 1.165) is 23.7 Å². The molecule has 0 aliphatic carbocycles. The molecule has 2 nitrogen and oxygen atoms in total. The highest BCUT2D eigenvalue weighted by Crippen LogP contribution is 2.39. The fraction of sp³-hybridized carbons (Fsp3) is 0.250. The lowest BCUT2D eigenvalue weighted by atomic mass is 10.0. The summed E-state index contributed by atoms with van der Waals surface area (Å²) in [5, 5.41) is 0. The maximum atomic E-state index is 5.98. The SMILES string of the molecule is NCc1ccccc1OCC1CSc2ccccc21. The average Bonchev–Trinajstić information content (AvgIpc) is 2.89. The second-order valence-electron chi connectivity index (χ2n) is 4.67. The van der Waals surface area contributed by atoms with Crippen LogP contribution >= 0.6 is 11.8 Å². The Morgan fingerprint density at radius 2 is 1.89 bits per heavy atom. The van der Waals surface area contributed by atoms with Crippen molar-refractivity contribution in [3.63, 3.8) is 0 Å². The number of hydrogen-bond donors (Lipinski definition) is 1. The first-order chi connectivity index (χ1) is 9.38. The summed E-state index contributed by atoms with van der Waals surface area (Å²) in [6.45, 7) is 1.24. The van der Waals surface area contributed by atoms with Crippen LogP contribution in [0.15, 0.2) is 53.4 Å². The molecule has 1 unspecified atom stereocenters. The van der Waals surface area contributed by atoms with Crippen LogP contribution in [0.5, 0.6) is 5.75 Å². The molecule has 2 aromatic rings. The largest absolute Gasteiger partial charge is 0.493 e. The van der Waals surface area contributed by atoms with E-state index in [2.05, 4.69) is 24.3 Å². The summed E-state index contributed by atoms with van der Waals surface area (Å²) in [4.78, 5) is 1.39.